The molecule has 1 heterocycles. The van der Waals surface area contributed by atoms with E-state index in [0.717, 1.165) is 36.5 Å². The van der Waals surface area contributed by atoms with E-state index in [9.17, 15) is 9.59 Å². The summed E-state index contributed by atoms with van der Waals surface area (Å²) < 4.78 is 1.81. The van der Waals surface area contributed by atoms with Gasteiger partial charge in [0, 0.05) is 24.0 Å². The van der Waals surface area contributed by atoms with Crippen LogP contribution in [0.1, 0.15) is 36.0 Å². The predicted octanol–water partition coefficient (Wildman–Crippen LogP) is 2.89. The number of hydrogen-bond donors (Lipinski definition) is 2. The molecule has 1 atom stereocenters. The summed E-state index contributed by atoms with van der Waals surface area (Å²) in [5.74, 6) is -0.391. The highest BCUT2D eigenvalue weighted by Crippen LogP contribution is 2.19. The molecule has 4 rings (SSSR count). The van der Waals surface area contributed by atoms with Gasteiger partial charge in [-0.1, -0.05) is 49.2 Å². The molecule has 2 N–H and O–H groups in total. The summed E-state index contributed by atoms with van der Waals surface area (Å²) in [4.78, 5) is 30.0. The molecule has 2 amide bonds. The maximum Gasteiger partial charge on any atom is 0.252 e. The van der Waals surface area contributed by atoms with E-state index in [4.69, 9.17) is 0 Å². The number of carbonyl (C=O) groups excluding carboxylic acids is 2. The number of amides is 2. The molecule has 1 aromatic heterocycles. The Kier molecular flexibility index (Phi) is 5.37. The van der Waals surface area contributed by atoms with Gasteiger partial charge in [0.15, 0.2) is 0 Å². The largest absolute Gasteiger partial charge is 0.352 e. The van der Waals surface area contributed by atoms with E-state index in [0.29, 0.717) is 12.1 Å². The van der Waals surface area contributed by atoms with Gasteiger partial charge in [0.25, 0.3) is 5.91 Å². The van der Waals surface area contributed by atoms with Crippen molar-refractivity contribution in [3.63, 3.8) is 0 Å². The molecule has 0 aliphatic heterocycles. The van der Waals surface area contributed by atoms with Crippen molar-refractivity contribution in [1.82, 2.24) is 20.2 Å². The van der Waals surface area contributed by atoms with Gasteiger partial charge in [-0.2, -0.15) is 0 Å². The van der Waals surface area contributed by atoms with Gasteiger partial charge in [0.05, 0.1) is 12.9 Å². The standard InChI is InChI=1S/C22H24N4O2/c27-21(19-11-5-7-16-6-1-4-10-18(16)19)25-20(14-26-13-12-23-15-26)22(28)24-17-8-2-3-9-17/h1,4-7,10-13,15,17,20H,2-3,8-9,14H2,(H,24,28)(H,25,27). The topological polar surface area (TPSA) is 76.0 Å². The zero-order chi connectivity index (χ0) is 19.3. The summed E-state index contributed by atoms with van der Waals surface area (Å²) in [6.07, 6.45) is 9.39. The van der Waals surface area contributed by atoms with Gasteiger partial charge in [-0.3, -0.25) is 9.59 Å². The lowest BCUT2D eigenvalue weighted by Crippen LogP contribution is -2.51. The van der Waals surface area contributed by atoms with E-state index < -0.39 is 6.04 Å². The second-order valence-corrected chi connectivity index (χ2v) is 7.30. The first kappa shape index (κ1) is 18.2. The van der Waals surface area contributed by atoms with Crippen molar-refractivity contribution in [2.45, 2.75) is 44.3 Å². The molecular formula is C22H24N4O2. The lowest BCUT2D eigenvalue weighted by Gasteiger charge is -2.22. The van der Waals surface area contributed by atoms with Crippen LogP contribution in [0.15, 0.2) is 61.2 Å². The van der Waals surface area contributed by atoms with Gasteiger partial charge < -0.3 is 15.2 Å². The van der Waals surface area contributed by atoms with Crippen molar-refractivity contribution in [3.05, 3.63) is 66.7 Å². The summed E-state index contributed by atoms with van der Waals surface area (Å²) in [7, 11) is 0. The van der Waals surface area contributed by atoms with Crippen molar-refractivity contribution >= 4 is 22.6 Å². The van der Waals surface area contributed by atoms with Gasteiger partial charge in [0.1, 0.15) is 6.04 Å². The summed E-state index contributed by atoms with van der Waals surface area (Å²) in [5, 5.41) is 7.91. The number of benzene rings is 2. The third-order valence-electron chi connectivity index (χ3n) is 5.31. The molecule has 1 aliphatic carbocycles. The molecular weight excluding hydrogens is 352 g/mol. The number of carbonyl (C=O) groups is 2. The van der Waals surface area contributed by atoms with Gasteiger partial charge in [0.2, 0.25) is 5.91 Å². The summed E-state index contributed by atoms with van der Waals surface area (Å²) in [6, 6.07) is 12.9. The van der Waals surface area contributed by atoms with Crippen LogP contribution >= 0.6 is 0 Å². The summed E-state index contributed by atoms with van der Waals surface area (Å²) >= 11 is 0. The van der Waals surface area contributed by atoms with Crippen LogP contribution in [0.3, 0.4) is 0 Å². The normalized spacial score (nSPS) is 15.4. The first-order valence-corrected chi connectivity index (χ1v) is 9.75. The number of nitrogens with one attached hydrogen (secondary N) is 2. The Bertz CT molecular complexity index is 956. The third kappa shape index (κ3) is 4.06. The van der Waals surface area contributed by atoms with Crippen LogP contribution in [0.5, 0.6) is 0 Å². The van der Waals surface area contributed by atoms with Gasteiger partial charge in [-0.15, -0.1) is 0 Å². The Morgan fingerprint density at radius 2 is 1.89 bits per heavy atom. The molecule has 1 aliphatic rings. The van der Waals surface area contributed by atoms with Crippen LogP contribution in [-0.4, -0.2) is 33.4 Å². The molecule has 6 nitrogen and oxygen atoms in total. The predicted molar refractivity (Wildman–Crippen MR) is 108 cm³/mol. The van der Waals surface area contributed by atoms with E-state index in [-0.39, 0.29) is 17.9 Å². The van der Waals surface area contributed by atoms with Crippen molar-refractivity contribution in [2.24, 2.45) is 0 Å². The van der Waals surface area contributed by atoms with E-state index in [1.54, 1.807) is 24.8 Å². The van der Waals surface area contributed by atoms with Crippen molar-refractivity contribution < 1.29 is 9.59 Å². The fourth-order valence-corrected chi connectivity index (χ4v) is 3.83. The van der Waals surface area contributed by atoms with E-state index in [1.807, 2.05) is 41.0 Å². The third-order valence-corrected chi connectivity index (χ3v) is 5.31. The van der Waals surface area contributed by atoms with Crippen LogP contribution in [0, 0.1) is 0 Å². The SMILES string of the molecule is O=C(NC(Cn1ccnc1)C(=O)NC1CCCC1)c1cccc2ccccc12. The fraction of sp³-hybridized carbons (Fsp3) is 0.318. The summed E-state index contributed by atoms with van der Waals surface area (Å²) in [5.41, 5.74) is 0.572. The number of aromatic nitrogens is 2. The van der Waals surface area contributed by atoms with Crippen molar-refractivity contribution in [3.8, 4) is 0 Å². The molecule has 1 unspecified atom stereocenters. The Morgan fingerprint density at radius 3 is 2.68 bits per heavy atom. The zero-order valence-corrected chi connectivity index (χ0v) is 15.7. The lowest BCUT2D eigenvalue weighted by molar-refractivity contribution is -0.124. The number of fused-ring (bicyclic) bond motifs is 1. The smallest absolute Gasteiger partial charge is 0.252 e. The van der Waals surface area contributed by atoms with E-state index >= 15 is 0 Å². The Hall–Kier alpha value is -3.15. The van der Waals surface area contributed by atoms with Crippen molar-refractivity contribution in [1.29, 1.82) is 0 Å². The second kappa shape index (κ2) is 8.25. The fourth-order valence-electron chi connectivity index (χ4n) is 3.83. The molecule has 1 fully saturated rings. The first-order valence-electron chi connectivity index (χ1n) is 9.75. The summed E-state index contributed by atoms with van der Waals surface area (Å²) in [6.45, 7) is 0.342. The Labute approximate surface area is 164 Å². The minimum Gasteiger partial charge on any atom is -0.352 e. The first-order chi connectivity index (χ1) is 13.7. The molecule has 3 aromatic rings. The highest BCUT2D eigenvalue weighted by atomic mass is 16.2. The monoisotopic (exact) mass is 376 g/mol. The molecule has 144 valence electrons. The van der Waals surface area contributed by atoms with Gasteiger partial charge in [-0.05, 0) is 29.7 Å². The molecule has 1 saturated carbocycles. The number of nitrogens with zero attached hydrogens (tertiary/aromatic N) is 2. The van der Waals surface area contributed by atoms with Crippen LogP contribution in [-0.2, 0) is 11.3 Å². The highest BCUT2D eigenvalue weighted by molar-refractivity contribution is 6.08. The Morgan fingerprint density at radius 1 is 1.11 bits per heavy atom. The molecule has 0 saturated heterocycles. The molecule has 0 bridgehead atoms. The average molecular weight is 376 g/mol. The highest BCUT2D eigenvalue weighted by Gasteiger charge is 2.26. The van der Waals surface area contributed by atoms with Gasteiger partial charge >= 0.3 is 0 Å². The van der Waals surface area contributed by atoms with Crippen LogP contribution in [0.2, 0.25) is 0 Å². The number of hydrogen-bond acceptors (Lipinski definition) is 3. The molecule has 28 heavy (non-hydrogen) atoms. The minimum atomic E-state index is -0.665. The van der Waals surface area contributed by atoms with Gasteiger partial charge in [-0.25, -0.2) is 4.98 Å². The quantitative estimate of drug-likeness (QED) is 0.695. The van der Waals surface area contributed by atoms with Crippen LogP contribution in [0.25, 0.3) is 10.8 Å². The molecule has 6 heteroatoms. The zero-order valence-electron chi connectivity index (χ0n) is 15.7. The maximum absolute atomic E-state index is 13.0. The van der Waals surface area contributed by atoms with Crippen LogP contribution < -0.4 is 10.6 Å². The molecule has 0 spiro atoms. The van der Waals surface area contributed by atoms with Crippen molar-refractivity contribution in [2.75, 3.05) is 0 Å². The number of rotatable bonds is 6. The van der Waals surface area contributed by atoms with Crippen LogP contribution in [0.4, 0.5) is 0 Å². The maximum atomic E-state index is 13.0. The molecule has 2 aromatic carbocycles. The average Bonchev–Trinajstić information content (AvgIpc) is 3.41. The number of imidazole rings is 1. The molecule has 0 radical (unpaired) electrons. The lowest BCUT2D eigenvalue weighted by atomic mass is 10.0. The van der Waals surface area contributed by atoms with E-state index in [2.05, 4.69) is 15.6 Å². The Balaban J connectivity index is 1.55. The second-order valence-electron chi connectivity index (χ2n) is 7.30. The minimum absolute atomic E-state index is 0.144. The van der Waals surface area contributed by atoms with E-state index in [1.165, 1.54) is 0 Å².